The van der Waals surface area contributed by atoms with Crippen molar-refractivity contribution in [2.75, 3.05) is 0 Å². The molecule has 1 nitrogen and oxygen atoms in total. The predicted molar refractivity (Wildman–Crippen MR) is 149 cm³/mol. The Bertz CT molecular complexity index is 1400. The van der Waals surface area contributed by atoms with Gasteiger partial charge in [-0.2, -0.15) is 0 Å². The van der Waals surface area contributed by atoms with E-state index < -0.39 is 5.60 Å². The summed E-state index contributed by atoms with van der Waals surface area (Å²) in [7, 11) is 0. The highest BCUT2D eigenvalue weighted by atomic mass is 16.3. The summed E-state index contributed by atoms with van der Waals surface area (Å²) >= 11 is 0. The van der Waals surface area contributed by atoms with Crippen LogP contribution in [0.15, 0.2) is 66.7 Å². The Morgan fingerprint density at radius 2 is 1.17 bits per heavy atom. The zero-order valence-electron chi connectivity index (χ0n) is 22.5. The van der Waals surface area contributed by atoms with Crippen LogP contribution in [0.3, 0.4) is 0 Å². The molecule has 0 fully saturated rings. The highest BCUT2D eigenvalue weighted by molar-refractivity contribution is 5.73. The van der Waals surface area contributed by atoms with Crippen LogP contribution in [0, 0.1) is 48.5 Å². The molecule has 0 aromatic heterocycles. The van der Waals surface area contributed by atoms with E-state index in [4.69, 9.17) is 0 Å². The molecule has 0 heterocycles. The first-order valence-corrected chi connectivity index (χ1v) is 12.6. The number of hydrogen-bond acceptors (Lipinski definition) is 1. The fourth-order valence-corrected chi connectivity index (χ4v) is 4.98. The van der Waals surface area contributed by atoms with Crippen molar-refractivity contribution in [3.05, 3.63) is 128 Å². The van der Waals surface area contributed by atoms with Gasteiger partial charge in [-0.05, 0) is 134 Å². The van der Waals surface area contributed by atoms with E-state index >= 15 is 0 Å². The molecule has 0 aliphatic carbocycles. The molecule has 0 aliphatic rings. The lowest BCUT2D eigenvalue weighted by Gasteiger charge is -2.26. The Morgan fingerprint density at radius 3 is 1.86 bits per heavy atom. The Morgan fingerprint density at radius 1 is 0.543 bits per heavy atom. The number of aliphatic hydroxyl groups is 1. The van der Waals surface area contributed by atoms with Gasteiger partial charge in [-0.15, -0.1) is 0 Å². The van der Waals surface area contributed by atoms with E-state index in [9.17, 15) is 5.11 Å². The van der Waals surface area contributed by atoms with Gasteiger partial charge in [0, 0.05) is 0 Å². The van der Waals surface area contributed by atoms with Gasteiger partial charge in [-0.3, -0.25) is 0 Å². The van der Waals surface area contributed by atoms with E-state index in [2.05, 4.69) is 109 Å². The minimum Gasteiger partial charge on any atom is -0.381 e. The van der Waals surface area contributed by atoms with Crippen LogP contribution in [0.25, 0.3) is 11.1 Å². The molecule has 4 aromatic rings. The molecule has 0 aliphatic heterocycles. The van der Waals surface area contributed by atoms with Crippen LogP contribution in [0.2, 0.25) is 0 Å². The third-order valence-electron chi connectivity index (χ3n) is 8.16. The van der Waals surface area contributed by atoms with Crippen molar-refractivity contribution in [1.82, 2.24) is 0 Å². The lowest BCUT2D eigenvalue weighted by atomic mass is 9.84. The van der Waals surface area contributed by atoms with Crippen LogP contribution in [-0.4, -0.2) is 5.11 Å². The molecule has 0 radical (unpaired) electrons. The maximum Gasteiger partial charge on any atom is 0.112 e. The smallest absolute Gasteiger partial charge is 0.112 e. The Balaban J connectivity index is 1.71. The minimum absolute atomic E-state index is 0.850. The molecule has 0 amide bonds. The summed E-state index contributed by atoms with van der Waals surface area (Å²) in [6.07, 6.45) is 0.850. The second kappa shape index (κ2) is 9.47. The SMILES string of the molecule is Cc1ccc(C(C)(O)c2ccc(C)c(Cc3ccc(-c4cccc(C)c4C)c(C)c3C)c2)cc1C. The average molecular weight is 463 g/mol. The van der Waals surface area contributed by atoms with Gasteiger partial charge >= 0.3 is 0 Å². The zero-order valence-corrected chi connectivity index (χ0v) is 22.5. The second-order valence-corrected chi connectivity index (χ2v) is 10.5. The third-order valence-corrected chi connectivity index (χ3v) is 8.16. The largest absolute Gasteiger partial charge is 0.381 e. The number of benzene rings is 4. The van der Waals surface area contributed by atoms with Crippen molar-refractivity contribution >= 4 is 0 Å². The van der Waals surface area contributed by atoms with E-state index in [1.807, 2.05) is 13.0 Å². The maximum atomic E-state index is 11.6. The van der Waals surface area contributed by atoms with Gasteiger partial charge < -0.3 is 5.11 Å². The average Bonchev–Trinajstić information content (AvgIpc) is 2.82. The predicted octanol–water partition coefficient (Wildman–Crippen LogP) is 8.36. The van der Waals surface area contributed by atoms with E-state index in [0.29, 0.717) is 0 Å². The number of aryl methyl sites for hydroxylation is 4. The molecule has 0 saturated heterocycles. The van der Waals surface area contributed by atoms with E-state index in [1.165, 1.54) is 61.2 Å². The monoisotopic (exact) mass is 462 g/mol. The summed E-state index contributed by atoms with van der Waals surface area (Å²) in [6.45, 7) is 17.1. The van der Waals surface area contributed by atoms with Crippen molar-refractivity contribution in [2.24, 2.45) is 0 Å². The normalized spacial score (nSPS) is 13.1. The van der Waals surface area contributed by atoms with Crippen LogP contribution in [0.4, 0.5) is 0 Å². The van der Waals surface area contributed by atoms with Gasteiger partial charge in [0.1, 0.15) is 5.60 Å². The summed E-state index contributed by atoms with van der Waals surface area (Å²) in [5.74, 6) is 0. The first kappa shape index (κ1) is 24.9. The summed E-state index contributed by atoms with van der Waals surface area (Å²) in [5.41, 5.74) is 15.1. The van der Waals surface area contributed by atoms with Crippen molar-refractivity contribution in [3.8, 4) is 11.1 Å². The molecular formula is C34H38O. The molecule has 1 unspecified atom stereocenters. The van der Waals surface area contributed by atoms with Gasteiger partial charge in [-0.1, -0.05) is 66.7 Å². The van der Waals surface area contributed by atoms with Gasteiger partial charge in [0.15, 0.2) is 0 Å². The summed E-state index contributed by atoms with van der Waals surface area (Å²) in [6, 6.07) is 23.8. The van der Waals surface area contributed by atoms with Crippen molar-refractivity contribution < 1.29 is 5.11 Å². The Hall–Kier alpha value is -3.16. The molecule has 0 saturated carbocycles. The quantitative estimate of drug-likeness (QED) is 0.316. The number of rotatable bonds is 5. The Kier molecular flexibility index (Phi) is 6.75. The highest BCUT2D eigenvalue weighted by Crippen LogP contribution is 2.34. The maximum absolute atomic E-state index is 11.6. The van der Waals surface area contributed by atoms with E-state index in [0.717, 1.165) is 17.5 Å². The van der Waals surface area contributed by atoms with Gasteiger partial charge in [0.05, 0.1) is 0 Å². The molecule has 4 rings (SSSR count). The molecule has 4 aromatic carbocycles. The zero-order chi connectivity index (χ0) is 25.5. The molecular weight excluding hydrogens is 424 g/mol. The van der Waals surface area contributed by atoms with Gasteiger partial charge in [0.2, 0.25) is 0 Å². The summed E-state index contributed by atoms with van der Waals surface area (Å²) in [4.78, 5) is 0. The molecule has 0 bridgehead atoms. The second-order valence-electron chi connectivity index (χ2n) is 10.5. The molecule has 35 heavy (non-hydrogen) atoms. The first-order valence-electron chi connectivity index (χ1n) is 12.6. The highest BCUT2D eigenvalue weighted by Gasteiger charge is 2.26. The van der Waals surface area contributed by atoms with Gasteiger partial charge in [0.25, 0.3) is 0 Å². The topological polar surface area (TPSA) is 20.2 Å². The fraction of sp³-hybridized carbons (Fsp3) is 0.294. The minimum atomic E-state index is -1.04. The lowest BCUT2D eigenvalue weighted by molar-refractivity contribution is 0.102. The van der Waals surface area contributed by atoms with Crippen molar-refractivity contribution in [3.63, 3.8) is 0 Å². The molecule has 1 atom stereocenters. The van der Waals surface area contributed by atoms with Crippen LogP contribution >= 0.6 is 0 Å². The molecule has 1 N–H and O–H groups in total. The molecule has 180 valence electrons. The first-order chi connectivity index (χ1) is 16.5. The summed E-state index contributed by atoms with van der Waals surface area (Å²) in [5, 5.41) is 11.6. The Labute approximate surface area is 211 Å². The third kappa shape index (κ3) is 4.70. The molecule has 1 heteroatoms. The molecule has 0 spiro atoms. The van der Waals surface area contributed by atoms with Crippen LogP contribution in [0.1, 0.15) is 68.1 Å². The van der Waals surface area contributed by atoms with E-state index in [-0.39, 0.29) is 0 Å². The van der Waals surface area contributed by atoms with E-state index in [1.54, 1.807) is 0 Å². The van der Waals surface area contributed by atoms with Crippen molar-refractivity contribution in [2.45, 2.75) is 67.4 Å². The summed E-state index contributed by atoms with van der Waals surface area (Å²) < 4.78 is 0. The van der Waals surface area contributed by atoms with Crippen LogP contribution < -0.4 is 0 Å². The van der Waals surface area contributed by atoms with Gasteiger partial charge in [-0.25, -0.2) is 0 Å². The standard InChI is InChI=1S/C34H38O/c1-21-12-15-30(18-24(21)4)34(8,35)31-16-13-23(3)29(20-31)19-28-14-17-33(27(7)26(28)6)32-11-9-10-22(2)25(32)5/h9-18,20,35H,19H2,1-8H3. The fourth-order valence-electron chi connectivity index (χ4n) is 4.98. The van der Waals surface area contributed by atoms with Crippen LogP contribution in [-0.2, 0) is 12.0 Å². The van der Waals surface area contributed by atoms with Crippen LogP contribution in [0.5, 0.6) is 0 Å². The number of hydrogen-bond donors (Lipinski definition) is 1. The van der Waals surface area contributed by atoms with Crippen molar-refractivity contribution in [1.29, 1.82) is 0 Å². The lowest BCUT2D eigenvalue weighted by Crippen LogP contribution is -2.23.